The molecule has 0 radical (unpaired) electrons. The van der Waals surface area contributed by atoms with Crippen molar-refractivity contribution in [2.24, 2.45) is 5.92 Å². The number of methoxy groups -OCH3 is 2. The van der Waals surface area contributed by atoms with Gasteiger partial charge in [-0.3, -0.25) is 4.79 Å². The lowest BCUT2D eigenvalue weighted by Crippen LogP contribution is -2.46. The number of esters is 1. The molecule has 1 N–H and O–H groups in total. The van der Waals surface area contributed by atoms with Crippen molar-refractivity contribution >= 4 is 18.2 Å². The summed E-state index contributed by atoms with van der Waals surface area (Å²) < 4.78 is 27.0. The number of carbonyl (C=O) groups is 3. The molecule has 1 heterocycles. The molecule has 2 aromatic rings. The molecule has 0 saturated carbocycles. The molecule has 3 atom stereocenters. The first-order valence-electron chi connectivity index (χ1n) is 12.1. The third kappa shape index (κ3) is 9.82. The van der Waals surface area contributed by atoms with E-state index in [1.165, 1.54) is 20.4 Å². The summed E-state index contributed by atoms with van der Waals surface area (Å²) in [6.07, 6.45) is 2.48. The third-order valence-electron chi connectivity index (χ3n) is 5.32. The minimum atomic E-state index is -1.11. The van der Waals surface area contributed by atoms with Crippen molar-refractivity contribution in [3.8, 4) is 11.5 Å². The summed E-state index contributed by atoms with van der Waals surface area (Å²) in [5, 5.41) is 2.59. The molecular formula is C27H36N2O8. The number of benzene rings is 1. The number of ether oxygens (including phenoxy) is 5. The average molecular weight is 517 g/mol. The van der Waals surface area contributed by atoms with Gasteiger partial charge in [-0.15, -0.1) is 0 Å². The molecule has 0 spiro atoms. The summed E-state index contributed by atoms with van der Waals surface area (Å²) in [5.41, 5.74) is 0.933. The quantitative estimate of drug-likeness (QED) is 0.204. The Labute approximate surface area is 217 Å². The molecule has 10 nitrogen and oxygen atoms in total. The second-order valence-corrected chi connectivity index (χ2v) is 8.72. The molecule has 37 heavy (non-hydrogen) atoms. The molecule has 0 aliphatic heterocycles. The van der Waals surface area contributed by atoms with Crippen LogP contribution in [0.15, 0.2) is 42.6 Å². The van der Waals surface area contributed by atoms with E-state index in [1.54, 1.807) is 13.0 Å². The Morgan fingerprint density at radius 2 is 1.81 bits per heavy atom. The Kier molecular flexibility index (Phi) is 12.5. The fourth-order valence-electron chi connectivity index (χ4n) is 3.54. The summed E-state index contributed by atoms with van der Waals surface area (Å²) in [5.74, 6) is -1.34. The van der Waals surface area contributed by atoms with E-state index in [2.05, 4.69) is 10.3 Å². The zero-order valence-corrected chi connectivity index (χ0v) is 22.0. The third-order valence-corrected chi connectivity index (χ3v) is 5.32. The molecule has 1 aromatic heterocycles. The molecule has 1 aromatic carbocycles. The van der Waals surface area contributed by atoms with Crippen LogP contribution in [0.1, 0.15) is 43.2 Å². The molecule has 2 unspecified atom stereocenters. The lowest BCUT2D eigenvalue weighted by molar-refractivity contribution is -0.153. The van der Waals surface area contributed by atoms with Crippen molar-refractivity contribution in [2.75, 3.05) is 27.6 Å². The van der Waals surface area contributed by atoms with Crippen LogP contribution >= 0.6 is 0 Å². The number of rotatable bonds is 16. The topological polar surface area (TPSA) is 122 Å². The van der Waals surface area contributed by atoms with E-state index in [1.807, 2.05) is 44.2 Å². The van der Waals surface area contributed by atoms with Crippen LogP contribution in [-0.4, -0.2) is 69.0 Å². The predicted octanol–water partition coefficient (Wildman–Crippen LogP) is 2.98. The number of carbonyl (C=O) groups excluding carboxylic acids is 3. The van der Waals surface area contributed by atoms with Crippen LogP contribution < -0.4 is 14.8 Å². The highest BCUT2D eigenvalue weighted by molar-refractivity contribution is 5.98. The van der Waals surface area contributed by atoms with Crippen LogP contribution in [0.25, 0.3) is 0 Å². The van der Waals surface area contributed by atoms with Crippen molar-refractivity contribution in [2.45, 2.75) is 51.9 Å². The van der Waals surface area contributed by atoms with Gasteiger partial charge in [0.2, 0.25) is 0 Å². The van der Waals surface area contributed by atoms with E-state index in [-0.39, 0.29) is 42.6 Å². The molecule has 0 saturated heterocycles. The summed E-state index contributed by atoms with van der Waals surface area (Å²) in [4.78, 5) is 41.7. The Balaban J connectivity index is 2.06. The number of hydrogen-bond acceptors (Lipinski definition) is 9. The number of aldehydes is 1. The van der Waals surface area contributed by atoms with Gasteiger partial charge in [0.15, 0.2) is 30.0 Å². The Hall–Kier alpha value is -3.50. The first kappa shape index (κ1) is 29.7. The number of nitrogens with one attached hydrogen (secondary N) is 1. The van der Waals surface area contributed by atoms with E-state index < -0.39 is 24.0 Å². The van der Waals surface area contributed by atoms with Gasteiger partial charge in [0.25, 0.3) is 5.91 Å². The lowest BCUT2D eigenvalue weighted by Gasteiger charge is -2.22. The average Bonchev–Trinajstić information content (AvgIpc) is 2.88. The molecule has 10 heteroatoms. The van der Waals surface area contributed by atoms with Gasteiger partial charge in [0.1, 0.15) is 6.29 Å². The van der Waals surface area contributed by atoms with Crippen molar-refractivity contribution in [3.63, 3.8) is 0 Å². The SMILES string of the molecule is COC[C@H](NC(=O)c1nccc(OC)c1OCOC(C)C)C(=O)OC(C)CC(C=O)Cc1ccccc1. The summed E-state index contributed by atoms with van der Waals surface area (Å²) in [6.45, 7) is 5.14. The maximum atomic E-state index is 13.1. The van der Waals surface area contributed by atoms with E-state index in [4.69, 9.17) is 23.7 Å². The number of amides is 1. The number of nitrogens with zero attached hydrogens (tertiary/aromatic N) is 1. The van der Waals surface area contributed by atoms with Crippen molar-refractivity contribution in [1.29, 1.82) is 0 Å². The number of pyridine rings is 1. The molecular weight excluding hydrogens is 480 g/mol. The van der Waals surface area contributed by atoms with E-state index >= 15 is 0 Å². The Bertz CT molecular complexity index is 999. The van der Waals surface area contributed by atoms with Gasteiger partial charge < -0.3 is 33.8 Å². The maximum Gasteiger partial charge on any atom is 0.331 e. The van der Waals surface area contributed by atoms with Crippen LogP contribution in [0.2, 0.25) is 0 Å². The summed E-state index contributed by atoms with van der Waals surface area (Å²) >= 11 is 0. The molecule has 0 aliphatic rings. The fourth-order valence-corrected chi connectivity index (χ4v) is 3.54. The van der Waals surface area contributed by atoms with Crippen molar-refractivity contribution in [1.82, 2.24) is 10.3 Å². The van der Waals surface area contributed by atoms with Gasteiger partial charge in [-0.25, -0.2) is 9.78 Å². The van der Waals surface area contributed by atoms with Crippen molar-refractivity contribution < 1.29 is 38.1 Å². The Morgan fingerprint density at radius 3 is 2.43 bits per heavy atom. The highest BCUT2D eigenvalue weighted by Gasteiger charge is 2.28. The smallest absolute Gasteiger partial charge is 0.331 e. The van der Waals surface area contributed by atoms with Gasteiger partial charge in [-0.2, -0.15) is 0 Å². The van der Waals surface area contributed by atoms with Gasteiger partial charge >= 0.3 is 5.97 Å². The predicted molar refractivity (Wildman–Crippen MR) is 136 cm³/mol. The van der Waals surface area contributed by atoms with Gasteiger partial charge in [-0.1, -0.05) is 30.3 Å². The van der Waals surface area contributed by atoms with Gasteiger partial charge in [-0.05, 0) is 39.2 Å². The Morgan fingerprint density at radius 1 is 1.08 bits per heavy atom. The van der Waals surface area contributed by atoms with Gasteiger partial charge in [0, 0.05) is 25.3 Å². The maximum absolute atomic E-state index is 13.1. The molecule has 0 fully saturated rings. The molecule has 0 bridgehead atoms. The highest BCUT2D eigenvalue weighted by atomic mass is 16.7. The lowest BCUT2D eigenvalue weighted by atomic mass is 9.95. The van der Waals surface area contributed by atoms with Crippen LogP contribution in [-0.2, 0) is 30.2 Å². The van der Waals surface area contributed by atoms with Crippen LogP contribution in [0.4, 0.5) is 0 Å². The minimum Gasteiger partial charge on any atom is -0.493 e. The minimum absolute atomic E-state index is 0.0794. The van der Waals surface area contributed by atoms with Crippen LogP contribution in [0.5, 0.6) is 11.5 Å². The summed E-state index contributed by atoms with van der Waals surface area (Å²) in [7, 11) is 2.84. The normalized spacial score (nSPS) is 13.4. The van der Waals surface area contributed by atoms with Gasteiger partial charge in [0.05, 0.1) is 25.9 Å². The fraction of sp³-hybridized carbons (Fsp3) is 0.481. The van der Waals surface area contributed by atoms with Crippen LogP contribution in [0.3, 0.4) is 0 Å². The number of hydrogen-bond donors (Lipinski definition) is 1. The van der Waals surface area contributed by atoms with E-state index in [9.17, 15) is 14.4 Å². The molecule has 202 valence electrons. The van der Waals surface area contributed by atoms with Crippen molar-refractivity contribution in [3.05, 3.63) is 53.9 Å². The molecule has 0 aliphatic carbocycles. The van der Waals surface area contributed by atoms with Crippen LogP contribution in [0, 0.1) is 5.92 Å². The monoisotopic (exact) mass is 516 g/mol. The largest absolute Gasteiger partial charge is 0.493 e. The zero-order valence-electron chi connectivity index (χ0n) is 22.0. The first-order chi connectivity index (χ1) is 17.8. The second-order valence-electron chi connectivity index (χ2n) is 8.72. The molecule has 1 amide bonds. The first-order valence-corrected chi connectivity index (χ1v) is 12.1. The number of aromatic nitrogens is 1. The standard InChI is InChI=1S/C27H36N2O8/c1-18(2)35-17-36-25-23(34-5)11-12-28-24(25)26(31)29-22(16-33-4)27(32)37-19(3)13-21(15-30)14-20-9-7-6-8-10-20/h6-12,15,18-19,21-22H,13-14,16-17H2,1-5H3,(H,29,31)/t19?,21?,22-/m0/s1. The summed E-state index contributed by atoms with van der Waals surface area (Å²) in [6, 6.07) is 10.0. The highest BCUT2D eigenvalue weighted by Crippen LogP contribution is 2.29. The zero-order chi connectivity index (χ0) is 27.2. The van der Waals surface area contributed by atoms with E-state index in [0.717, 1.165) is 11.8 Å². The molecule has 2 rings (SSSR count). The second kappa shape index (κ2) is 15.6. The van der Waals surface area contributed by atoms with E-state index in [0.29, 0.717) is 12.8 Å².